The number of aromatic amines is 1. The van der Waals surface area contributed by atoms with Crippen LogP contribution in [0.5, 0.6) is 0 Å². The van der Waals surface area contributed by atoms with E-state index in [-0.39, 0.29) is 5.60 Å². The predicted molar refractivity (Wildman–Crippen MR) is 109 cm³/mol. The second-order valence-electron chi connectivity index (χ2n) is 8.67. The molecule has 4 nitrogen and oxygen atoms in total. The van der Waals surface area contributed by atoms with Crippen molar-refractivity contribution < 1.29 is 4.74 Å². The largest absolute Gasteiger partial charge is 0.371 e. The van der Waals surface area contributed by atoms with Gasteiger partial charge in [0.05, 0.1) is 12.2 Å². The normalized spacial score (nSPS) is 21.5. The zero-order valence-electron chi connectivity index (χ0n) is 16.4. The first-order valence-corrected chi connectivity index (χ1v) is 9.97. The lowest BCUT2D eigenvalue weighted by Crippen LogP contribution is -2.33. The van der Waals surface area contributed by atoms with Crippen molar-refractivity contribution >= 4 is 11.0 Å². The van der Waals surface area contributed by atoms with E-state index in [1.807, 2.05) is 12.4 Å². The molecule has 140 valence electrons. The van der Waals surface area contributed by atoms with E-state index in [9.17, 15) is 0 Å². The summed E-state index contributed by atoms with van der Waals surface area (Å²) in [5.74, 6) is 0. The number of aryl methyl sites for hydroxylation is 1. The molecular formula is C23H27N3O. The standard InChI is InChI=1S/C23H27N3O/c1-14-11-25-22-18(14)9-17(12-26-22)15-7-16-10-23(2,3)27-13-20(16)19(8-15)21-5-4-6-24-21/h7-9,11-12,21,24H,4-6,10,13H2,1-3H3,(H,25,26). The van der Waals surface area contributed by atoms with Gasteiger partial charge in [-0.3, -0.25) is 0 Å². The molecule has 1 fully saturated rings. The molecule has 1 aromatic carbocycles. The number of fused-ring (bicyclic) bond motifs is 2. The Labute approximate surface area is 160 Å². The number of pyridine rings is 1. The van der Waals surface area contributed by atoms with Gasteiger partial charge in [0, 0.05) is 35.8 Å². The zero-order chi connectivity index (χ0) is 18.6. The molecule has 3 aromatic rings. The molecule has 27 heavy (non-hydrogen) atoms. The van der Waals surface area contributed by atoms with E-state index in [1.54, 1.807) is 0 Å². The molecule has 0 spiro atoms. The summed E-state index contributed by atoms with van der Waals surface area (Å²) in [6.45, 7) is 8.32. The van der Waals surface area contributed by atoms with E-state index in [0.717, 1.165) is 18.6 Å². The summed E-state index contributed by atoms with van der Waals surface area (Å²) in [5.41, 5.74) is 8.79. The minimum atomic E-state index is -0.106. The molecule has 1 atom stereocenters. The molecule has 2 aliphatic heterocycles. The number of hydrogen-bond donors (Lipinski definition) is 2. The van der Waals surface area contributed by atoms with Crippen molar-refractivity contribution in [3.05, 3.63) is 52.8 Å². The predicted octanol–water partition coefficient (Wildman–Crippen LogP) is 4.81. The molecule has 2 aromatic heterocycles. The maximum atomic E-state index is 6.16. The summed E-state index contributed by atoms with van der Waals surface area (Å²) < 4.78 is 6.16. The molecule has 2 N–H and O–H groups in total. The molecule has 2 aliphatic rings. The molecule has 0 aliphatic carbocycles. The summed E-state index contributed by atoms with van der Waals surface area (Å²) in [7, 11) is 0. The van der Waals surface area contributed by atoms with Gasteiger partial charge >= 0.3 is 0 Å². The number of H-pyrrole nitrogens is 1. The van der Waals surface area contributed by atoms with Gasteiger partial charge in [0.25, 0.3) is 0 Å². The molecule has 5 rings (SSSR count). The van der Waals surface area contributed by atoms with E-state index in [1.165, 1.54) is 51.6 Å². The monoisotopic (exact) mass is 361 g/mol. The fraction of sp³-hybridized carbons (Fsp3) is 0.435. The van der Waals surface area contributed by atoms with Crippen molar-refractivity contribution in [1.82, 2.24) is 15.3 Å². The Balaban J connectivity index is 1.67. The molecule has 1 saturated heterocycles. The van der Waals surface area contributed by atoms with Gasteiger partial charge in [0.2, 0.25) is 0 Å². The Bertz CT molecular complexity index is 1010. The Kier molecular flexibility index (Phi) is 3.88. The maximum absolute atomic E-state index is 6.16. The molecule has 4 heteroatoms. The Morgan fingerprint density at radius 3 is 2.89 bits per heavy atom. The summed E-state index contributed by atoms with van der Waals surface area (Å²) >= 11 is 0. The Hall–Kier alpha value is -2.17. The van der Waals surface area contributed by atoms with E-state index in [0.29, 0.717) is 12.6 Å². The number of ether oxygens (including phenoxy) is 1. The molecule has 0 saturated carbocycles. The Morgan fingerprint density at radius 1 is 1.19 bits per heavy atom. The van der Waals surface area contributed by atoms with Crippen molar-refractivity contribution in [2.45, 2.75) is 58.3 Å². The van der Waals surface area contributed by atoms with Crippen molar-refractivity contribution in [3.8, 4) is 11.1 Å². The minimum absolute atomic E-state index is 0.106. The Morgan fingerprint density at radius 2 is 2.07 bits per heavy atom. The van der Waals surface area contributed by atoms with Crippen LogP contribution < -0.4 is 5.32 Å². The van der Waals surface area contributed by atoms with Gasteiger partial charge in [-0.2, -0.15) is 0 Å². The van der Waals surface area contributed by atoms with Crippen LogP contribution in [0, 0.1) is 6.92 Å². The third-order valence-electron chi connectivity index (χ3n) is 6.11. The van der Waals surface area contributed by atoms with E-state index in [2.05, 4.69) is 54.3 Å². The number of rotatable bonds is 2. The van der Waals surface area contributed by atoms with Gasteiger partial charge in [0.1, 0.15) is 5.65 Å². The van der Waals surface area contributed by atoms with Gasteiger partial charge in [-0.1, -0.05) is 6.07 Å². The van der Waals surface area contributed by atoms with Gasteiger partial charge in [0.15, 0.2) is 0 Å². The van der Waals surface area contributed by atoms with Gasteiger partial charge in [-0.05, 0) is 80.1 Å². The smallest absolute Gasteiger partial charge is 0.137 e. The average Bonchev–Trinajstić information content (AvgIpc) is 3.30. The third-order valence-corrected chi connectivity index (χ3v) is 6.11. The highest BCUT2D eigenvalue weighted by atomic mass is 16.5. The summed E-state index contributed by atoms with van der Waals surface area (Å²) in [6.07, 6.45) is 7.42. The van der Waals surface area contributed by atoms with Crippen LogP contribution in [0.1, 0.15) is 55.0 Å². The van der Waals surface area contributed by atoms with Crippen LogP contribution in [-0.4, -0.2) is 22.1 Å². The molecule has 0 bridgehead atoms. The number of hydrogen-bond acceptors (Lipinski definition) is 3. The van der Waals surface area contributed by atoms with Crippen LogP contribution in [0.3, 0.4) is 0 Å². The topological polar surface area (TPSA) is 49.9 Å². The van der Waals surface area contributed by atoms with Crippen LogP contribution in [-0.2, 0) is 17.8 Å². The van der Waals surface area contributed by atoms with Crippen molar-refractivity contribution in [2.24, 2.45) is 0 Å². The van der Waals surface area contributed by atoms with Crippen LogP contribution in [0.2, 0.25) is 0 Å². The van der Waals surface area contributed by atoms with Gasteiger partial charge in [-0.25, -0.2) is 4.98 Å². The van der Waals surface area contributed by atoms with Gasteiger partial charge < -0.3 is 15.0 Å². The van der Waals surface area contributed by atoms with E-state index in [4.69, 9.17) is 4.74 Å². The number of benzene rings is 1. The highest BCUT2D eigenvalue weighted by Crippen LogP contribution is 2.38. The third kappa shape index (κ3) is 2.97. The SMILES string of the molecule is Cc1c[nH]c2ncc(-c3cc4c(c(C5CCCN5)c3)COC(C)(C)C4)cc12. The first kappa shape index (κ1) is 17.0. The van der Waals surface area contributed by atoms with Gasteiger partial charge in [-0.15, -0.1) is 0 Å². The van der Waals surface area contributed by atoms with E-state index >= 15 is 0 Å². The highest BCUT2D eigenvalue weighted by Gasteiger charge is 2.30. The first-order valence-electron chi connectivity index (χ1n) is 9.97. The molecular weight excluding hydrogens is 334 g/mol. The van der Waals surface area contributed by atoms with Crippen molar-refractivity contribution in [3.63, 3.8) is 0 Å². The average molecular weight is 361 g/mol. The number of nitrogens with zero attached hydrogens (tertiary/aromatic N) is 1. The van der Waals surface area contributed by atoms with Crippen molar-refractivity contribution in [2.75, 3.05) is 6.54 Å². The lowest BCUT2D eigenvalue weighted by atomic mass is 9.84. The quantitative estimate of drug-likeness (QED) is 0.688. The van der Waals surface area contributed by atoms with Crippen LogP contribution >= 0.6 is 0 Å². The second kappa shape index (κ2) is 6.18. The van der Waals surface area contributed by atoms with Crippen LogP contribution in [0.4, 0.5) is 0 Å². The van der Waals surface area contributed by atoms with Crippen molar-refractivity contribution in [1.29, 1.82) is 0 Å². The second-order valence-corrected chi connectivity index (χ2v) is 8.67. The minimum Gasteiger partial charge on any atom is -0.371 e. The summed E-state index contributed by atoms with van der Waals surface area (Å²) in [5, 5.41) is 4.88. The molecule has 4 heterocycles. The first-order chi connectivity index (χ1) is 13.0. The lowest BCUT2D eigenvalue weighted by molar-refractivity contribution is -0.0405. The zero-order valence-corrected chi connectivity index (χ0v) is 16.4. The fourth-order valence-corrected chi connectivity index (χ4v) is 4.59. The fourth-order valence-electron chi connectivity index (χ4n) is 4.59. The highest BCUT2D eigenvalue weighted by molar-refractivity contribution is 5.84. The molecule has 1 unspecified atom stereocenters. The van der Waals surface area contributed by atoms with E-state index < -0.39 is 0 Å². The van der Waals surface area contributed by atoms with Crippen LogP contribution in [0.15, 0.2) is 30.6 Å². The molecule has 0 amide bonds. The summed E-state index contributed by atoms with van der Waals surface area (Å²) in [6, 6.07) is 7.44. The number of aromatic nitrogens is 2. The lowest BCUT2D eigenvalue weighted by Gasteiger charge is -2.34. The summed E-state index contributed by atoms with van der Waals surface area (Å²) in [4.78, 5) is 7.90. The van der Waals surface area contributed by atoms with Crippen LogP contribution in [0.25, 0.3) is 22.2 Å². The molecule has 0 radical (unpaired) electrons. The number of nitrogens with one attached hydrogen (secondary N) is 2. The maximum Gasteiger partial charge on any atom is 0.137 e.